The molecule has 0 aliphatic carbocycles. The number of aromatic nitrogens is 3. The highest BCUT2D eigenvalue weighted by Crippen LogP contribution is 2.34. The summed E-state index contributed by atoms with van der Waals surface area (Å²) in [5, 5.41) is 0. The lowest BCUT2D eigenvalue weighted by molar-refractivity contribution is 0.121. The number of fused-ring (bicyclic) bond motifs is 1. The maximum atomic E-state index is 5.96. The van der Waals surface area contributed by atoms with E-state index in [-0.39, 0.29) is 0 Å². The van der Waals surface area contributed by atoms with Crippen LogP contribution in [-0.4, -0.2) is 45.5 Å². The standard InChI is InChI=1S/C16H23ClN4/c1-16(5-9-20(2)10-6-16)12-21-14-4-8-18-11-13(14)19-15(21)3-7-17/h4,8,11H,3,5-7,9-10,12H2,1-2H3. The van der Waals surface area contributed by atoms with Gasteiger partial charge in [-0.1, -0.05) is 6.92 Å². The predicted octanol–water partition coefficient (Wildman–Crippen LogP) is 2.94. The highest BCUT2D eigenvalue weighted by atomic mass is 35.5. The van der Waals surface area contributed by atoms with Crippen LogP contribution >= 0.6 is 11.6 Å². The minimum Gasteiger partial charge on any atom is -0.327 e. The maximum absolute atomic E-state index is 5.96. The molecule has 0 aromatic carbocycles. The van der Waals surface area contributed by atoms with Crippen molar-refractivity contribution >= 4 is 22.6 Å². The Hall–Kier alpha value is -1.13. The number of hydrogen-bond donors (Lipinski definition) is 0. The van der Waals surface area contributed by atoms with Gasteiger partial charge in [0.05, 0.1) is 11.7 Å². The average molecular weight is 307 g/mol. The van der Waals surface area contributed by atoms with Crippen molar-refractivity contribution in [2.75, 3.05) is 26.0 Å². The molecule has 1 aliphatic rings. The molecule has 2 aromatic rings. The fourth-order valence-corrected chi connectivity index (χ4v) is 3.35. The molecule has 1 fully saturated rings. The third-order valence-corrected chi connectivity index (χ3v) is 4.87. The Kier molecular flexibility index (Phi) is 4.18. The Morgan fingerprint density at radius 2 is 2.10 bits per heavy atom. The number of pyridine rings is 1. The van der Waals surface area contributed by atoms with Gasteiger partial charge in [-0.25, -0.2) is 4.98 Å². The zero-order valence-electron chi connectivity index (χ0n) is 12.8. The number of rotatable bonds is 4. The van der Waals surface area contributed by atoms with Gasteiger partial charge in [-0.15, -0.1) is 11.6 Å². The predicted molar refractivity (Wildman–Crippen MR) is 86.8 cm³/mol. The van der Waals surface area contributed by atoms with Crippen LogP contribution in [0.3, 0.4) is 0 Å². The molecular formula is C16H23ClN4. The van der Waals surface area contributed by atoms with Gasteiger partial charge in [0.1, 0.15) is 11.3 Å². The van der Waals surface area contributed by atoms with Crippen molar-refractivity contribution in [3.05, 3.63) is 24.3 Å². The smallest absolute Gasteiger partial charge is 0.111 e. The number of aryl methyl sites for hydroxylation is 1. The van der Waals surface area contributed by atoms with Crippen molar-refractivity contribution in [3.63, 3.8) is 0 Å². The van der Waals surface area contributed by atoms with E-state index in [4.69, 9.17) is 16.6 Å². The molecule has 0 amide bonds. The molecule has 5 heteroatoms. The number of piperidine rings is 1. The van der Waals surface area contributed by atoms with Crippen molar-refractivity contribution < 1.29 is 0 Å². The van der Waals surface area contributed by atoms with E-state index in [1.54, 1.807) is 0 Å². The minimum absolute atomic E-state index is 0.338. The number of imidazole rings is 1. The van der Waals surface area contributed by atoms with Gasteiger partial charge in [-0.3, -0.25) is 4.98 Å². The monoisotopic (exact) mass is 306 g/mol. The largest absolute Gasteiger partial charge is 0.327 e. The van der Waals surface area contributed by atoms with Crippen molar-refractivity contribution in [1.82, 2.24) is 19.4 Å². The van der Waals surface area contributed by atoms with Gasteiger partial charge in [0.2, 0.25) is 0 Å². The van der Waals surface area contributed by atoms with Gasteiger partial charge in [-0.2, -0.15) is 0 Å². The Morgan fingerprint density at radius 1 is 1.33 bits per heavy atom. The molecule has 3 rings (SSSR count). The lowest BCUT2D eigenvalue weighted by atomic mass is 9.80. The summed E-state index contributed by atoms with van der Waals surface area (Å²) in [5.41, 5.74) is 2.50. The van der Waals surface area contributed by atoms with Crippen LogP contribution in [0.15, 0.2) is 18.5 Å². The quantitative estimate of drug-likeness (QED) is 0.815. The summed E-state index contributed by atoms with van der Waals surface area (Å²) in [5.74, 6) is 1.70. The van der Waals surface area contributed by atoms with Crippen LogP contribution in [0.25, 0.3) is 11.0 Å². The van der Waals surface area contributed by atoms with E-state index < -0.39 is 0 Å². The van der Waals surface area contributed by atoms with Gasteiger partial charge in [0.25, 0.3) is 0 Å². The van der Waals surface area contributed by atoms with Crippen LogP contribution in [0.2, 0.25) is 0 Å². The topological polar surface area (TPSA) is 34.0 Å². The SMILES string of the molecule is CN1CCC(C)(Cn2c(CCCl)nc3cnccc32)CC1. The van der Waals surface area contributed by atoms with Gasteiger partial charge < -0.3 is 9.47 Å². The molecule has 4 nitrogen and oxygen atoms in total. The minimum atomic E-state index is 0.338. The fourth-order valence-electron chi connectivity index (χ4n) is 3.18. The second-order valence-corrected chi connectivity index (χ2v) is 6.91. The highest BCUT2D eigenvalue weighted by Gasteiger charge is 2.30. The Bertz CT molecular complexity index is 614. The molecule has 21 heavy (non-hydrogen) atoms. The highest BCUT2D eigenvalue weighted by molar-refractivity contribution is 6.17. The molecule has 0 N–H and O–H groups in total. The molecule has 0 bridgehead atoms. The first-order chi connectivity index (χ1) is 10.1. The van der Waals surface area contributed by atoms with Crippen molar-refractivity contribution in [3.8, 4) is 0 Å². The van der Waals surface area contributed by atoms with E-state index in [1.807, 2.05) is 12.4 Å². The Labute approximate surface area is 131 Å². The zero-order chi connectivity index (χ0) is 14.9. The molecule has 2 aromatic heterocycles. The van der Waals surface area contributed by atoms with Crippen LogP contribution in [-0.2, 0) is 13.0 Å². The van der Waals surface area contributed by atoms with Gasteiger partial charge in [0, 0.05) is 25.0 Å². The molecule has 114 valence electrons. The summed E-state index contributed by atoms with van der Waals surface area (Å²) in [6.45, 7) is 5.77. The summed E-state index contributed by atoms with van der Waals surface area (Å²) in [4.78, 5) is 11.3. The molecule has 0 atom stereocenters. The van der Waals surface area contributed by atoms with E-state index in [9.17, 15) is 0 Å². The third kappa shape index (κ3) is 3.06. The molecule has 0 radical (unpaired) electrons. The molecule has 0 unspecified atom stereocenters. The molecule has 1 saturated heterocycles. The number of likely N-dealkylation sites (tertiary alicyclic amines) is 1. The van der Waals surface area contributed by atoms with Crippen LogP contribution in [0.5, 0.6) is 0 Å². The van der Waals surface area contributed by atoms with Crippen molar-refractivity contribution in [2.24, 2.45) is 5.41 Å². The summed E-state index contributed by atoms with van der Waals surface area (Å²) in [6.07, 6.45) is 6.97. The molecule has 0 saturated carbocycles. The van der Waals surface area contributed by atoms with Crippen LogP contribution < -0.4 is 0 Å². The average Bonchev–Trinajstić information content (AvgIpc) is 2.81. The van der Waals surface area contributed by atoms with Crippen LogP contribution in [0.1, 0.15) is 25.6 Å². The van der Waals surface area contributed by atoms with E-state index in [1.165, 1.54) is 31.4 Å². The van der Waals surface area contributed by atoms with Gasteiger partial charge in [-0.05, 0) is 44.5 Å². The van der Waals surface area contributed by atoms with E-state index in [0.717, 1.165) is 24.3 Å². The zero-order valence-corrected chi connectivity index (χ0v) is 13.6. The molecular weight excluding hydrogens is 284 g/mol. The summed E-state index contributed by atoms with van der Waals surface area (Å²) in [7, 11) is 2.21. The lowest BCUT2D eigenvalue weighted by Crippen LogP contribution is -2.38. The van der Waals surface area contributed by atoms with Crippen LogP contribution in [0.4, 0.5) is 0 Å². The first kappa shape index (κ1) is 14.8. The molecule has 3 heterocycles. The number of halogens is 1. The third-order valence-electron chi connectivity index (χ3n) is 4.68. The van der Waals surface area contributed by atoms with Crippen molar-refractivity contribution in [2.45, 2.75) is 32.7 Å². The lowest BCUT2D eigenvalue weighted by Gasteiger charge is -2.38. The fraction of sp³-hybridized carbons (Fsp3) is 0.625. The van der Waals surface area contributed by atoms with Crippen LogP contribution in [0, 0.1) is 5.41 Å². The molecule has 0 spiro atoms. The summed E-state index contributed by atoms with van der Waals surface area (Å²) < 4.78 is 2.37. The summed E-state index contributed by atoms with van der Waals surface area (Å²) >= 11 is 5.96. The van der Waals surface area contributed by atoms with E-state index >= 15 is 0 Å². The number of alkyl halides is 1. The van der Waals surface area contributed by atoms with Crippen molar-refractivity contribution in [1.29, 1.82) is 0 Å². The first-order valence-electron chi connectivity index (χ1n) is 7.65. The van der Waals surface area contributed by atoms with E-state index in [2.05, 4.69) is 34.5 Å². The number of nitrogens with zero attached hydrogens (tertiary/aromatic N) is 4. The molecule has 1 aliphatic heterocycles. The maximum Gasteiger partial charge on any atom is 0.111 e. The number of hydrogen-bond acceptors (Lipinski definition) is 3. The van der Waals surface area contributed by atoms with Gasteiger partial charge >= 0.3 is 0 Å². The summed E-state index contributed by atoms with van der Waals surface area (Å²) in [6, 6.07) is 2.07. The second kappa shape index (κ2) is 5.93. The van der Waals surface area contributed by atoms with E-state index in [0.29, 0.717) is 11.3 Å². The normalized spacial score (nSPS) is 19.2. The van der Waals surface area contributed by atoms with Gasteiger partial charge in [0.15, 0.2) is 0 Å². The first-order valence-corrected chi connectivity index (χ1v) is 8.18. The Morgan fingerprint density at radius 3 is 2.81 bits per heavy atom. The second-order valence-electron chi connectivity index (χ2n) is 6.53. The Balaban J connectivity index is 1.93.